The summed E-state index contributed by atoms with van der Waals surface area (Å²) in [6.07, 6.45) is 0. The van der Waals surface area contributed by atoms with E-state index < -0.39 is 34.6 Å². The van der Waals surface area contributed by atoms with Gasteiger partial charge in [-0.15, -0.1) is 0 Å². The summed E-state index contributed by atoms with van der Waals surface area (Å²) in [7, 11) is 0. The molecule has 0 amide bonds. The van der Waals surface area contributed by atoms with Gasteiger partial charge in [0.25, 0.3) is 0 Å². The first-order valence-corrected chi connectivity index (χ1v) is 8.92. The maximum absolute atomic E-state index is 14.5. The third-order valence-corrected chi connectivity index (χ3v) is 4.45. The van der Waals surface area contributed by atoms with Crippen molar-refractivity contribution >= 4 is 5.69 Å². The molecule has 0 heterocycles. The van der Waals surface area contributed by atoms with E-state index in [-0.39, 0.29) is 11.3 Å². The van der Waals surface area contributed by atoms with E-state index in [4.69, 9.17) is 4.74 Å². The molecule has 0 saturated carbocycles. The van der Waals surface area contributed by atoms with Crippen LogP contribution in [0.4, 0.5) is 23.2 Å². The number of nitrogens with zero attached hydrogens (tertiary/aromatic N) is 1. The predicted octanol–water partition coefficient (Wildman–Crippen LogP) is 6.55. The van der Waals surface area contributed by atoms with Crippen molar-refractivity contribution in [2.45, 2.75) is 13.8 Å². The van der Waals surface area contributed by atoms with Crippen LogP contribution < -0.4 is 9.64 Å². The zero-order chi connectivity index (χ0) is 20.3. The molecule has 3 rings (SSSR count). The lowest BCUT2D eigenvalue weighted by atomic mass is 10.0. The van der Waals surface area contributed by atoms with Gasteiger partial charge < -0.3 is 9.64 Å². The van der Waals surface area contributed by atoms with Crippen LogP contribution in [0.15, 0.2) is 54.6 Å². The molecule has 28 heavy (non-hydrogen) atoms. The summed E-state index contributed by atoms with van der Waals surface area (Å²) in [5.74, 6) is -7.18. The summed E-state index contributed by atoms with van der Waals surface area (Å²) in [6, 6.07) is 13.9. The van der Waals surface area contributed by atoms with E-state index in [0.717, 1.165) is 18.8 Å². The Labute approximate surface area is 161 Å². The molecule has 146 valence electrons. The van der Waals surface area contributed by atoms with Crippen LogP contribution in [0.1, 0.15) is 13.8 Å². The lowest BCUT2D eigenvalue weighted by Gasteiger charge is -2.21. The summed E-state index contributed by atoms with van der Waals surface area (Å²) in [6.45, 7) is 5.36. The van der Waals surface area contributed by atoms with Gasteiger partial charge in [-0.05, 0) is 31.5 Å². The zero-order valence-corrected chi connectivity index (χ0v) is 15.5. The second kappa shape index (κ2) is 8.33. The molecule has 0 spiro atoms. The van der Waals surface area contributed by atoms with Crippen LogP contribution in [-0.2, 0) is 0 Å². The fourth-order valence-corrected chi connectivity index (χ4v) is 3.01. The van der Waals surface area contributed by atoms with Gasteiger partial charge in [-0.2, -0.15) is 8.78 Å². The molecule has 0 atom stereocenters. The van der Waals surface area contributed by atoms with Gasteiger partial charge in [0.1, 0.15) is 5.75 Å². The van der Waals surface area contributed by atoms with Crippen LogP contribution in [0.5, 0.6) is 11.5 Å². The molecule has 0 aromatic heterocycles. The molecule has 6 heteroatoms. The molecular formula is C22H19F4NO. The van der Waals surface area contributed by atoms with Crippen molar-refractivity contribution in [2.75, 3.05) is 18.0 Å². The topological polar surface area (TPSA) is 12.5 Å². The summed E-state index contributed by atoms with van der Waals surface area (Å²) in [5.41, 5.74) is 0.0374. The van der Waals surface area contributed by atoms with E-state index in [1.807, 2.05) is 24.8 Å². The van der Waals surface area contributed by atoms with Gasteiger partial charge >= 0.3 is 0 Å². The number of halogens is 4. The Morgan fingerprint density at radius 2 is 1.36 bits per heavy atom. The van der Waals surface area contributed by atoms with Crippen LogP contribution in [-0.4, -0.2) is 13.1 Å². The third-order valence-electron chi connectivity index (χ3n) is 4.45. The number of benzene rings is 3. The third kappa shape index (κ3) is 3.67. The summed E-state index contributed by atoms with van der Waals surface area (Å²) < 4.78 is 63.4. The van der Waals surface area contributed by atoms with Gasteiger partial charge in [0.05, 0.1) is 5.56 Å². The largest absolute Gasteiger partial charge is 0.451 e. The van der Waals surface area contributed by atoms with Crippen molar-refractivity contribution in [3.8, 4) is 22.6 Å². The average molecular weight is 389 g/mol. The van der Waals surface area contributed by atoms with Gasteiger partial charge in [-0.25, -0.2) is 8.78 Å². The maximum atomic E-state index is 14.5. The van der Waals surface area contributed by atoms with Crippen LogP contribution >= 0.6 is 0 Å². The quantitative estimate of drug-likeness (QED) is 0.350. The van der Waals surface area contributed by atoms with E-state index in [2.05, 4.69) is 0 Å². The lowest BCUT2D eigenvalue weighted by Crippen LogP contribution is -2.21. The highest BCUT2D eigenvalue weighted by molar-refractivity contribution is 5.66. The van der Waals surface area contributed by atoms with E-state index >= 15 is 0 Å². The number of anilines is 1. The van der Waals surface area contributed by atoms with Crippen molar-refractivity contribution in [2.24, 2.45) is 0 Å². The molecule has 0 aliphatic rings. The molecular weight excluding hydrogens is 370 g/mol. The van der Waals surface area contributed by atoms with Gasteiger partial charge in [0.2, 0.25) is 17.4 Å². The van der Waals surface area contributed by atoms with Gasteiger partial charge in [0.15, 0.2) is 11.6 Å². The second-order valence-corrected chi connectivity index (χ2v) is 6.10. The fraction of sp³-hybridized carbons (Fsp3) is 0.182. The molecule has 3 aromatic rings. The van der Waals surface area contributed by atoms with Crippen LogP contribution in [0.25, 0.3) is 11.1 Å². The minimum Gasteiger partial charge on any atom is -0.451 e. The van der Waals surface area contributed by atoms with Crippen molar-refractivity contribution in [3.05, 3.63) is 77.9 Å². The highest BCUT2D eigenvalue weighted by Gasteiger charge is 2.28. The van der Waals surface area contributed by atoms with Crippen molar-refractivity contribution in [1.82, 2.24) is 0 Å². The minimum atomic E-state index is -1.58. The second-order valence-electron chi connectivity index (χ2n) is 6.10. The highest BCUT2D eigenvalue weighted by atomic mass is 19.2. The molecule has 0 aliphatic heterocycles. The van der Waals surface area contributed by atoms with E-state index in [9.17, 15) is 17.6 Å². The summed E-state index contributed by atoms with van der Waals surface area (Å²) in [5, 5.41) is 0. The number of rotatable bonds is 6. The predicted molar refractivity (Wildman–Crippen MR) is 102 cm³/mol. The molecule has 0 bridgehead atoms. The Bertz CT molecular complexity index is 943. The molecule has 0 saturated heterocycles. The summed E-state index contributed by atoms with van der Waals surface area (Å²) >= 11 is 0. The average Bonchev–Trinajstić information content (AvgIpc) is 2.72. The van der Waals surface area contributed by atoms with Crippen molar-refractivity contribution in [3.63, 3.8) is 0 Å². The molecule has 0 radical (unpaired) electrons. The molecule has 0 N–H and O–H groups in total. The van der Waals surface area contributed by atoms with Crippen molar-refractivity contribution in [1.29, 1.82) is 0 Å². The Kier molecular flexibility index (Phi) is 5.87. The highest BCUT2D eigenvalue weighted by Crippen LogP contribution is 2.38. The van der Waals surface area contributed by atoms with E-state index in [1.54, 1.807) is 18.2 Å². The van der Waals surface area contributed by atoms with Crippen molar-refractivity contribution < 1.29 is 22.3 Å². The molecule has 0 aliphatic carbocycles. The summed E-state index contributed by atoms with van der Waals surface area (Å²) in [4.78, 5) is 2.00. The minimum absolute atomic E-state index is 0.0328. The van der Waals surface area contributed by atoms with Crippen LogP contribution in [0.2, 0.25) is 0 Å². The van der Waals surface area contributed by atoms with Gasteiger partial charge in [-0.3, -0.25) is 0 Å². The molecule has 0 fully saturated rings. The smallest absolute Gasteiger partial charge is 0.205 e. The first-order chi connectivity index (χ1) is 13.5. The van der Waals surface area contributed by atoms with Gasteiger partial charge in [-0.1, -0.05) is 36.4 Å². The Morgan fingerprint density at radius 3 is 1.93 bits per heavy atom. The van der Waals surface area contributed by atoms with Gasteiger partial charge in [0, 0.05) is 24.8 Å². The lowest BCUT2D eigenvalue weighted by molar-refractivity contribution is 0.368. The molecule has 2 nitrogen and oxygen atoms in total. The maximum Gasteiger partial charge on any atom is 0.205 e. The first kappa shape index (κ1) is 19.7. The molecule has 3 aromatic carbocycles. The monoisotopic (exact) mass is 389 g/mol. The molecule has 0 unspecified atom stereocenters. The number of hydrogen-bond donors (Lipinski definition) is 0. The number of ether oxygens (including phenoxy) is 1. The number of hydrogen-bond acceptors (Lipinski definition) is 2. The fourth-order valence-electron chi connectivity index (χ4n) is 3.01. The van der Waals surface area contributed by atoms with E-state index in [1.165, 1.54) is 30.3 Å². The Hall–Kier alpha value is -3.02. The van der Waals surface area contributed by atoms with Crippen LogP contribution in [0.3, 0.4) is 0 Å². The normalized spacial score (nSPS) is 10.8. The Morgan fingerprint density at radius 1 is 0.750 bits per heavy atom. The standard InChI is InChI=1S/C22H19F4NO/c1-3-27(4-2)15-11-8-12-16(13-15)28-22-20(25)18(23)17(19(24)21(22)26)14-9-6-5-7-10-14/h5-13H,3-4H2,1-2H3. The zero-order valence-electron chi connectivity index (χ0n) is 15.5. The SMILES string of the molecule is CCN(CC)c1cccc(Oc2c(F)c(F)c(-c3ccccc3)c(F)c2F)c1. The van der Waals surface area contributed by atoms with Crippen LogP contribution in [0, 0.1) is 23.3 Å². The first-order valence-electron chi connectivity index (χ1n) is 8.92. The Balaban J connectivity index is 2.04. The van der Waals surface area contributed by atoms with E-state index in [0.29, 0.717) is 0 Å².